The molecule has 20 heavy (non-hydrogen) atoms. The number of thiophene rings is 1. The summed E-state index contributed by atoms with van der Waals surface area (Å²) in [5, 5.41) is 2.74. The highest BCUT2D eigenvalue weighted by Gasteiger charge is 2.17. The Morgan fingerprint density at radius 3 is 2.80 bits per heavy atom. The maximum Gasteiger partial charge on any atom is 0.265 e. The van der Waals surface area contributed by atoms with Crippen molar-refractivity contribution in [2.75, 3.05) is 11.1 Å². The van der Waals surface area contributed by atoms with Gasteiger partial charge in [-0.25, -0.2) is 4.39 Å². The van der Waals surface area contributed by atoms with E-state index >= 15 is 0 Å². The molecule has 1 aliphatic carbocycles. The second-order valence-electron chi connectivity index (χ2n) is 4.95. The molecule has 104 valence electrons. The minimum atomic E-state index is -0.410. The summed E-state index contributed by atoms with van der Waals surface area (Å²) >= 11 is 1.54. The van der Waals surface area contributed by atoms with Crippen molar-refractivity contribution in [2.24, 2.45) is 0 Å². The number of hydrogen-bond donors (Lipinski definition) is 2. The number of anilines is 2. The van der Waals surface area contributed by atoms with Gasteiger partial charge in [0.15, 0.2) is 0 Å². The number of nitrogens with two attached hydrogens (primary N) is 1. The maximum atomic E-state index is 13.0. The number of nitrogen functional groups attached to an aromatic ring is 1. The number of carbonyl (C=O) groups excluding carboxylic acids is 1. The number of aryl methyl sites for hydroxylation is 2. The lowest BCUT2D eigenvalue weighted by molar-refractivity contribution is 0.103. The Bertz CT molecular complexity index is 642. The van der Waals surface area contributed by atoms with Crippen molar-refractivity contribution >= 4 is 28.6 Å². The fraction of sp³-hybridized carbons (Fsp3) is 0.267. The van der Waals surface area contributed by atoms with E-state index in [-0.39, 0.29) is 11.6 Å². The van der Waals surface area contributed by atoms with Crippen LogP contribution in [0.25, 0.3) is 0 Å². The molecule has 1 amide bonds. The van der Waals surface area contributed by atoms with Gasteiger partial charge in [0.25, 0.3) is 5.91 Å². The number of benzene rings is 1. The van der Waals surface area contributed by atoms with Crippen LogP contribution in [0.1, 0.15) is 33.0 Å². The van der Waals surface area contributed by atoms with E-state index in [0.29, 0.717) is 10.6 Å². The summed E-state index contributed by atoms with van der Waals surface area (Å²) in [6, 6.07) is 5.94. The summed E-state index contributed by atoms with van der Waals surface area (Å²) in [5.41, 5.74) is 7.67. The largest absolute Gasteiger partial charge is 0.397 e. The molecule has 3 N–H and O–H groups in total. The quantitative estimate of drug-likeness (QED) is 0.830. The maximum absolute atomic E-state index is 13.0. The number of halogens is 1. The van der Waals surface area contributed by atoms with Crippen LogP contribution in [0.2, 0.25) is 0 Å². The first-order chi connectivity index (χ1) is 9.63. The molecule has 0 fully saturated rings. The first kappa shape index (κ1) is 13.1. The molecule has 0 saturated carbocycles. The van der Waals surface area contributed by atoms with E-state index in [1.54, 1.807) is 11.3 Å². The zero-order valence-corrected chi connectivity index (χ0v) is 11.7. The molecule has 0 atom stereocenters. The van der Waals surface area contributed by atoms with Gasteiger partial charge in [0, 0.05) is 4.88 Å². The SMILES string of the molecule is Nc1cc(F)ccc1NC(=O)c1cc2c(s1)CCCC2. The van der Waals surface area contributed by atoms with Gasteiger partial charge in [-0.05, 0) is 55.5 Å². The number of carbonyl (C=O) groups is 1. The van der Waals surface area contributed by atoms with Crippen molar-refractivity contribution in [3.8, 4) is 0 Å². The zero-order valence-electron chi connectivity index (χ0n) is 10.9. The van der Waals surface area contributed by atoms with Crippen LogP contribution in [0, 0.1) is 5.82 Å². The summed E-state index contributed by atoms with van der Waals surface area (Å²) in [4.78, 5) is 14.2. The average Bonchev–Trinajstić information content (AvgIpc) is 2.86. The molecule has 1 aromatic heterocycles. The summed E-state index contributed by atoms with van der Waals surface area (Å²) in [6.07, 6.45) is 4.50. The summed E-state index contributed by atoms with van der Waals surface area (Å²) < 4.78 is 13.0. The summed E-state index contributed by atoms with van der Waals surface area (Å²) in [5.74, 6) is -0.588. The molecule has 0 bridgehead atoms. The Morgan fingerprint density at radius 1 is 1.25 bits per heavy atom. The molecular formula is C15H15FN2OS. The Kier molecular flexibility index (Phi) is 3.44. The van der Waals surface area contributed by atoms with Gasteiger partial charge in [0.1, 0.15) is 5.82 Å². The summed E-state index contributed by atoms with van der Waals surface area (Å²) in [6.45, 7) is 0. The van der Waals surface area contributed by atoms with Crippen molar-refractivity contribution in [3.05, 3.63) is 45.4 Å². The standard InChI is InChI=1S/C15H15FN2OS/c16-10-5-6-12(11(17)8-10)18-15(19)14-7-9-3-1-2-4-13(9)20-14/h5-8H,1-4,17H2,(H,18,19). The fourth-order valence-electron chi connectivity index (χ4n) is 2.43. The Labute approximate surface area is 120 Å². The second kappa shape index (κ2) is 5.25. The van der Waals surface area contributed by atoms with Gasteiger partial charge in [-0.1, -0.05) is 0 Å². The molecule has 1 heterocycles. The van der Waals surface area contributed by atoms with E-state index < -0.39 is 5.82 Å². The average molecular weight is 290 g/mol. The molecule has 5 heteroatoms. The van der Waals surface area contributed by atoms with E-state index in [1.165, 1.54) is 41.5 Å². The summed E-state index contributed by atoms with van der Waals surface area (Å²) in [7, 11) is 0. The molecule has 0 spiro atoms. The minimum Gasteiger partial charge on any atom is -0.397 e. The van der Waals surface area contributed by atoms with Crippen LogP contribution in [0.5, 0.6) is 0 Å². The van der Waals surface area contributed by atoms with Gasteiger partial charge < -0.3 is 11.1 Å². The monoisotopic (exact) mass is 290 g/mol. The van der Waals surface area contributed by atoms with Crippen LogP contribution >= 0.6 is 11.3 Å². The van der Waals surface area contributed by atoms with E-state index in [9.17, 15) is 9.18 Å². The Balaban J connectivity index is 1.80. The van der Waals surface area contributed by atoms with Gasteiger partial charge in [0.05, 0.1) is 16.3 Å². The molecular weight excluding hydrogens is 275 g/mol. The highest BCUT2D eigenvalue weighted by Crippen LogP contribution is 2.30. The molecule has 2 aromatic rings. The molecule has 1 aliphatic rings. The smallest absolute Gasteiger partial charge is 0.265 e. The normalized spacial score (nSPS) is 13.8. The predicted octanol–water partition coefficient (Wildman–Crippen LogP) is 3.60. The highest BCUT2D eigenvalue weighted by molar-refractivity contribution is 7.14. The molecule has 3 nitrogen and oxygen atoms in total. The lowest BCUT2D eigenvalue weighted by atomic mass is 9.99. The Morgan fingerprint density at radius 2 is 2.05 bits per heavy atom. The van der Waals surface area contributed by atoms with Crippen LogP contribution in [0.4, 0.5) is 15.8 Å². The molecule has 1 aromatic carbocycles. The Hall–Kier alpha value is -1.88. The first-order valence-electron chi connectivity index (χ1n) is 6.61. The first-order valence-corrected chi connectivity index (χ1v) is 7.43. The van der Waals surface area contributed by atoms with Crippen molar-refractivity contribution in [1.29, 1.82) is 0 Å². The second-order valence-corrected chi connectivity index (χ2v) is 6.09. The van der Waals surface area contributed by atoms with E-state index in [1.807, 2.05) is 6.07 Å². The third-order valence-electron chi connectivity index (χ3n) is 3.48. The van der Waals surface area contributed by atoms with Gasteiger partial charge in [0.2, 0.25) is 0 Å². The van der Waals surface area contributed by atoms with Crippen LogP contribution in [0.15, 0.2) is 24.3 Å². The van der Waals surface area contributed by atoms with Crippen molar-refractivity contribution < 1.29 is 9.18 Å². The van der Waals surface area contributed by atoms with Crippen LogP contribution in [0.3, 0.4) is 0 Å². The number of nitrogens with one attached hydrogen (secondary N) is 1. The fourth-order valence-corrected chi connectivity index (χ4v) is 3.58. The number of fused-ring (bicyclic) bond motifs is 1. The molecule has 0 saturated heterocycles. The van der Waals surface area contributed by atoms with Crippen molar-refractivity contribution in [1.82, 2.24) is 0 Å². The molecule has 0 unspecified atom stereocenters. The predicted molar refractivity (Wildman–Crippen MR) is 79.7 cm³/mol. The van der Waals surface area contributed by atoms with E-state index in [0.717, 1.165) is 12.8 Å². The van der Waals surface area contributed by atoms with Gasteiger partial charge in [-0.3, -0.25) is 4.79 Å². The number of hydrogen-bond acceptors (Lipinski definition) is 3. The zero-order chi connectivity index (χ0) is 14.1. The van der Waals surface area contributed by atoms with Crippen LogP contribution < -0.4 is 11.1 Å². The molecule has 3 rings (SSSR count). The van der Waals surface area contributed by atoms with Gasteiger partial charge in [-0.2, -0.15) is 0 Å². The van der Waals surface area contributed by atoms with E-state index in [2.05, 4.69) is 5.32 Å². The van der Waals surface area contributed by atoms with Crippen molar-refractivity contribution in [3.63, 3.8) is 0 Å². The third kappa shape index (κ3) is 2.54. The van der Waals surface area contributed by atoms with Crippen LogP contribution in [-0.4, -0.2) is 5.91 Å². The number of rotatable bonds is 2. The third-order valence-corrected chi connectivity index (χ3v) is 4.72. The number of amides is 1. The topological polar surface area (TPSA) is 55.1 Å². The lowest BCUT2D eigenvalue weighted by Gasteiger charge is -2.08. The van der Waals surface area contributed by atoms with E-state index in [4.69, 9.17) is 5.73 Å². The van der Waals surface area contributed by atoms with Crippen molar-refractivity contribution in [2.45, 2.75) is 25.7 Å². The lowest BCUT2D eigenvalue weighted by Crippen LogP contribution is -2.11. The molecule has 0 aliphatic heterocycles. The highest BCUT2D eigenvalue weighted by atomic mass is 32.1. The van der Waals surface area contributed by atoms with Gasteiger partial charge in [-0.15, -0.1) is 11.3 Å². The molecule has 0 radical (unpaired) electrons. The van der Waals surface area contributed by atoms with Crippen LogP contribution in [-0.2, 0) is 12.8 Å². The minimum absolute atomic E-state index is 0.178. The van der Waals surface area contributed by atoms with Gasteiger partial charge >= 0.3 is 0 Å².